The maximum atomic E-state index is 11.1. The summed E-state index contributed by atoms with van der Waals surface area (Å²) >= 11 is 0. The molecular formula is C11H12NO4. The molecule has 0 aliphatic rings. The van der Waals surface area contributed by atoms with Gasteiger partial charge in [-0.1, -0.05) is 30.3 Å². The average molecular weight is 222 g/mol. The van der Waals surface area contributed by atoms with Crippen molar-refractivity contribution in [3.05, 3.63) is 35.9 Å². The van der Waals surface area contributed by atoms with Crippen LogP contribution in [0.2, 0.25) is 0 Å². The standard InChI is InChI=1S/C11H12NO4/c13-9-15-7-6-12-11(14)16-8-10-4-2-1-3-5-10/h1-5H,6-8H2,(H,12,14). The molecule has 0 aliphatic heterocycles. The van der Waals surface area contributed by atoms with Gasteiger partial charge < -0.3 is 14.8 Å². The van der Waals surface area contributed by atoms with E-state index in [2.05, 4.69) is 10.1 Å². The molecule has 1 N–H and O–H groups in total. The largest absolute Gasteiger partial charge is 0.455 e. The van der Waals surface area contributed by atoms with Crippen molar-refractivity contribution in [1.29, 1.82) is 0 Å². The minimum atomic E-state index is -0.543. The lowest BCUT2D eigenvalue weighted by Crippen LogP contribution is -2.27. The number of carbonyl (C=O) groups is 1. The Morgan fingerprint density at radius 1 is 1.31 bits per heavy atom. The molecule has 1 amide bonds. The first kappa shape index (κ1) is 12.0. The molecule has 5 nitrogen and oxygen atoms in total. The topological polar surface area (TPSA) is 64.6 Å². The minimum absolute atomic E-state index is 0.0872. The maximum absolute atomic E-state index is 11.1. The average Bonchev–Trinajstić information content (AvgIpc) is 2.33. The van der Waals surface area contributed by atoms with E-state index in [1.807, 2.05) is 30.3 Å². The predicted molar refractivity (Wildman–Crippen MR) is 56.3 cm³/mol. The van der Waals surface area contributed by atoms with Gasteiger partial charge in [-0.15, -0.1) is 0 Å². The Morgan fingerprint density at radius 2 is 2.06 bits per heavy atom. The fourth-order valence-electron chi connectivity index (χ4n) is 1.02. The van der Waals surface area contributed by atoms with Gasteiger partial charge in [-0.05, 0) is 5.56 Å². The molecule has 5 heteroatoms. The third-order valence-corrected chi connectivity index (χ3v) is 1.75. The predicted octanol–water partition coefficient (Wildman–Crippen LogP) is 0.997. The van der Waals surface area contributed by atoms with Crippen LogP contribution >= 0.6 is 0 Å². The molecule has 1 aromatic rings. The Labute approximate surface area is 93.4 Å². The lowest BCUT2D eigenvalue weighted by Gasteiger charge is -2.05. The van der Waals surface area contributed by atoms with Gasteiger partial charge in [-0.3, -0.25) is 0 Å². The van der Waals surface area contributed by atoms with Gasteiger partial charge in [0.15, 0.2) is 0 Å². The zero-order chi connectivity index (χ0) is 11.6. The minimum Gasteiger partial charge on any atom is -0.455 e. The van der Waals surface area contributed by atoms with Crippen molar-refractivity contribution in [2.75, 3.05) is 13.2 Å². The Hall–Kier alpha value is -2.04. The van der Waals surface area contributed by atoms with Crippen molar-refractivity contribution in [3.8, 4) is 0 Å². The normalized spacial score (nSPS) is 9.25. The fourth-order valence-corrected chi connectivity index (χ4v) is 1.02. The molecule has 0 saturated heterocycles. The van der Waals surface area contributed by atoms with Crippen LogP contribution < -0.4 is 5.32 Å². The van der Waals surface area contributed by atoms with E-state index in [0.29, 0.717) is 0 Å². The number of nitrogens with one attached hydrogen (secondary N) is 1. The van der Waals surface area contributed by atoms with Gasteiger partial charge in [-0.2, -0.15) is 0 Å². The summed E-state index contributed by atoms with van der Waals surface area (Å²) in [6.45, 7) is 1.77. The van der Waals surface area contributed by atoms with Gasteiger partial charge in [0.25, 0.3) is 0 Å². The third kappa shape index (κ3) is 4.99. The molecule has 0 bridgehead atoms. The van der Waals surface area contributed by atoms with E-state index < -0.39 is 6.09 Å². The highest BCUT2D eigenvalue weighted by molar-refractivity contribution is 5.67. The molecular weight excluding hydrogens is 210 g/mol. The van der Waals surface area contributed by atoms with Gasteiger partial charge in [0, 0.05) is 0 Å². The van der Waals surface area contributed by atoms with Crippen molar-refractivity contribution in [3.63, 3.8) is 0 Å². The van der Waals surface area contributed by atoms with Gasteiger partial charge in [0.05, 0.1) is 6.54 Å². The smallest absolute Gasteiger partial charge is 0.417 e. The second-order valence-corrected chi connectivity index (χ2v) is 2.92. The van der Waals surface area contributed by atoms with Gasteiger partial charge in [0.1, 0.15) is 13.2 Å². The lowest BCUT2D eigenvalue weighted by atomic mass is 10.2. The van der Waals surface area contributed by atoms with Crippen LogP contribution in [0.3, 0.4) is 0 Å². The van der Waals surface area contributed by atoms with E-state index in [0.717, 1.165) is 5.56 Å². The second kappa shape index (κ2) is 7.28. The highest BCUT2D eigenvalue weighted by atomic mass is 16.5. The summed E-state index contributed by atoms with van der Waals surface area (Å²) in [6.07, 6.45) is -0.543. The van der Waals surface area contributed by atoms with Crippen LogP contribution in [0.25, 0.3) is 0 Å². The van der Waals surface area contributed by atoms with E-state index in [1.54, 1.807) is 0 Å². The maximum Gasteiger partial charge on any atom is 0.417 e. The molecule has 0 unspecified atom stereocenters. The summed E-state index contributed by atoms with van der Waals surface area (Å²) in [5.41, 5.74) is 0.912. The number of benzene rings is 1. The number of amides is 1. The van der Waals surface area contributed by atoms with E-state index in [1.165, 1.54) is 6.47 Å². The zero-order valence-corrected chi connectivity index (χ0v) is 8.64. The number of rotatable bonds is 6. The molecule has 1 radical (unpaired) electrons. The van der Waals surface area contributed by atoms with E-state index in [-0.39, 0.29) is 19.8 Å². The van der Waals surface area contributed by atoms with Crippen LogP contribution in [0.5, 0.6) is 0 Å². The SMILES string of the molecule is O=[C]OCCNC(=O)OCc1ccccc1. The first-order chi connectivity index (χ1) is 7.83. The molecule has 0 aromatic heterocycles. The van der Waals surface area contributed by atoms with Crippen molar-refractivity contribution >= 4 is 12.6 Å². The molecule has 0 fully saturated rings. The number of alkyl carbamates (subject to hydrolysis) is 1. The third-order valence-electron chi connectivity index (χ3n) is 1.75. The van der Waals surface area contributed by atoms with Crippen molar-refractivity contribution in [1.82, 2.24) is 5.32 Å². The first-order valence-electron chi connectivity index (χ1n) is 4.76. The van der Waals surface area contributed by atoms with Crippen molar-refractivity contribution in [2.45, 2.75) is 6.61 Å². The Kier molecular flexibility index (Phi) is 5.47. The second-order valence-electron chi connectivity index (χ2n) is 2.92. The Morgan fingerprint density at radius 3 is 2.75 bits per heavy atom. The molecule has 85 valence electrons. The molecule has 1 rings (SSSR count). The van der Waals surface area contributed by atoms with E-state index in [9.17, 15) is 9.59 Å². The van der Waals surface area contributed by atoms with Crippen LogP contribution in [0.1, 0.15) is 5.56 Å². The molecule has 0 atom stereocenters. The lowest BCUT2D eigenvalue weighted by molar-refractivity contribution is 0.137. The van der Waals surface area contributed by atoms with Crippen LogP contribution in [0.4, 0.5) is 4.79 Å². The quantitative estimate of drug-likeness (QED) is 0.729. The summed E-state index contributed by atoms with van der Waals surface area (Å²) in [5.74, 6) is 0. The van der Waals surface area contributed by atoms with Crippen LogP contribution in [0, 0.1) is 0 Å². The van der Waals surface area contributed by atoms with E-state index >= 15 is 0 Å². The number of hydrogen-bond donors (Lipinski definition) is 1. The van der Waals surface area contributed by atoms with Gasteiger partial charge in [0.2, 0.25) is 0 Å². The number of ether oxygens (including phenoxy) is 2. The highest BCUT2D eigenvalue weighted by Gasteiger charge is 2.01. The summed E-state index contributed by atoms with van der Waals surface area (Å²) < 4.78 is 9.17. The Balaban J connectivity index is 2.13. The summed E-state index contributed by atoms with van der Waals surface area (Å²) in [6, 6.07) is 9.33. The van der Waals surface area contributed by atoms with Gasteiger partial charge >= 0.3 is 12.6 Å². The van der Waals surface area contributed by atoms with Crippen LogP contribution in [-0.2, 0) is 20.9 Å². The monoisotopic (exact) mass is 222 g/mol. The summed E-state index contributed by atoms with van der Waals surface area (Å²) in [7, 11) is 0. The van der Waals surface area contributed by atoms with Gasteiger partial charge in [-0.25, -0.2) is 9.59 Å². The van der Waals surface area contributed by atoms with Crippen molar-refractivity contribution < 1.29 is 19.1 Å². The number of carbonyl (C=O) groups excluding carboxylic acids is 2. The molecule has 0 heterocycles. The Bertz CT molecular complexity index is 326. The molecule has 1 aromatic carbocycles. The first-order valence-corrected chi connectivity index (χ1v) is 4.76. The highest BCUT2D eigenvalue weighted by Crippen LogP contribution is 2.00. The zero-order valence-electron chi connectivity index (χ0n) is 8.64. The van der Waals surface area contributed by atoms with Crippen LogP contribution in [0.15, 0.2) is 30.3 Å². The molecule has 16 heavy (non-hydrogen) atoms. The summed E-state index contributed by atoms with van der Waals surface area (Å²) in [5, 5.41) is 2.42. The molecule has 0 aliphatic carbocycles. The molecule has 0 spiro atoms. The van der Waals surface area contributed by atoms with Crippen LogP contribution in [-0.4, -0.2) is 25.7 Å². The number of hydrogen-bond acceptors (Lipinski definition) is 4. The molecule has 0 saturated carbocycles. The van der Waals surface area contributed by atoms with Crippen molar-refractivity contribution in [2.24, 2.45) is 0 Å². The fraction of sp³-hybridized carbons (Fsp3) is 0.273. The van der Waals surface area contributed by atoms with E-state index in [4.69, 9.17) is 4.74 Å². The summed E-state index contributed by atoms with van der Waals surface area (Å²) in [4.78, 5) is 20.8.